The molecule has 0 unspecified atom stereocenters. The van der Waals surface area contributed by atoms with Crippen LogP contribution in [0.4, 0.5) is 0 Å². The van der Waals surface area contributed by atoms with Crippen molar-refractivity contribution in [2.24, 2.45) is 5.73 Å². The molecule has 0 bridgehead atoms. The summed E-state index contributed by atoms with van der Waals surface area (Å²) in [6.45, 7) is 6.00. The second-order valence-corrected chi connectivity index (χ2v) is 10.6. The summed E-state index contributed by atoms with van der Waals surface area (Å²) < 4.78 is 7.58. The zero-order valence-corrected chi connectivity index (χ0v) is 21.6. The highest BCUT2D eigenvalue weighted by molar-refractivity contribution is 7.08. The summed E-state index contributed by atoms with van der Waals surface area (Å²) in [5.74, 6) is -0.0171. The minimum atomic E-state index is -0.548. The number of rotatable bonds is 5. The molecule has 3 heterocycles. The van der Waals surface area contributed by atoms with E-state index in [0.717, 1.165) is 33.6 Å². The maximum Gasteiger partial charge on any atom is 0.274 e. The van der Waals surface area contributed by atoms with Gasteiger partial charge in [-0.25, -0.2) is 4.68 Å². The predicted octanol–water partition coefficient (Wildman–Crippen LogP) is 4.55. The number of primary amides is 1. The van der Waals surface area contributed by atoms with E-state index < -0.39 is 5.91 Å². The van der Waals surface area contributed by atoms with E-state index >= 15 is 0 Å². The molecule has 5 rings (SSSR count). The van der Waals surface area contributed by atoms with Gasteiger partial charge in [0, 0.05) is 59.0 Å². The third-order valence-electron chi connectivity index (χ3n) is 6.63. The summed E-state index contributed by atoms with van der Waals surface area (Å²) in [6, 6.07) is 7.70. The molecule has 2 N–H and O–H groups in total. The monoisotopic (exact) mass is 501 g/mol. The number of carbonyl (C=O) groups excluding carboxylic acids is 2. The average molecular weight is 502 g/mol. The van der Waals surface area contributed by atoms with Gasteiger partial charge in [0.2, 0.25) is 5.91 Å². The molecular formula is C27H27N5O3S. The number of pyridine rings is 1. The van der Waals surface area contributed by atoms with Gasteiger partial charge in [0.05, 0.1) is 24.1 Å². The molecule has 1 aliphatic carbocycles. The molecular weight excluding hydrogens is 474 g/mol. The fourth-order valence-electron chi connectivity index (χ4n) is 4.39. The van der Waals surface area contributed by atoms with Crippen LogP contribution in [-0.4, -0.2) is 51.2 Å². The van der Waals surface area contributed by atoms with Crippen LogP contribution in [0.1, 0.15) is 52.7 Å². The highest BCUT2D eigenvalue weighted by Crippen LogP contribution is 2.45. The van der Waals surface area contributed by atoms with Crippen molar-refractivity contribution in [2.75, 3.05) is 14.2 Å². The Morgan fingerprint density at radius 2 is 1.94 bits per heavy atom. The number of ether oxygens (including phenoxy) is 1. The molecule has 0 saturated carbocycles. The highest BCUT2D eigenvalue weighted by Gasteiger charge is 2.35. The summed E-state index contributed by atoms with van der Waals surface area (Å²) >= 11 is 1.57. The third kappa shape index (κ3) is 3.85. The maximum absolute atomic E-state index is 13.6. The molecule has 36 heavy (non-hydrogen) atoms. The van der Waals surface area contributed by atoms with Gasteiger partial charge in [0.15, 0.2) is 5.69 Å². The van der Waals surface area contributed by atoms with Gasteiger partial charge in [-0.3, -0.25) is 14.6 Å². The Hall–Kier alpha value is -3.98. The van der Waals surface area contributed by atoms with E-state index in [1.165, 1.54) is 6.20 Å². The number of carbonyl (C=O) groups is 2. The normalized spacial score (nSPS) is 12.2. The van der Waals surface area contributed by atoms with E-state index in [4.69, 9.17) is 15.6 Å². The molecule has 0 spiro atoms. The lowest BCUT2D eigenvalue weighted by atomic mass is 9.98. The second kappa shape index (κ2) is 8.60. The molecule has 0 aliphatic heterocycles. The van der Waals surface area contributed by atoms with E-state index in [-0.39, 0.29) is 11.4 Å². The lowest BCUT2D eigenvalue weighted by molar-refractivity contribution is 0.0648. The topological polar surface area (TPSA) is 103 Å². The number of hydrogen-bond donors (Lipinski definition) is 1. The molecule has 0 fully saturated rings. The Labute approximate surface area is 213 Å². The van der Waals surface area contributed by atoms with Crippen LogP contribution in [-0.2, 0) is 6.42 Å². The maximum atomic E-state index is 13.6. The van der Waals surface area contributed by atoms with Gasteiger partial charge >= 0.3 is 0 Å². The third-order valence-corrected chi connectivity index (χ3v) is 7.30. The molecule has 1 aromatic carbocycles. The molecule has 1 aliphatic rings. The van der Waals surface area contributed by atoms with E-state index in [9.17, 15) is 9.59 Å². The summed E-state index contributed by atoms with van der Waals surface area (Å²) in [5.41, 5.74) is 12.1. The van der Waals surface area contributed by atoms with Crippen LogP contribution in [0.2, 0.25) is 0 Å². The fraction of sp³-hybridized carbons (Fsp3) is 0.259. The van der Waals surface area contributed by atoms with Crippen molar-refractivity contribution in [1.82, 2.24) is 19.7 Å². The largest absolute Gasteiger partial charge is 0.496 e. The van der Waals surface area contributed by atoms with Gasteiger partial charge in [-0.1, -0.05) is 0 Å². The molecule has 3 aromatic heterocycles. The number of methoxy groups -OCH3 is 1. The van der Waals surface area contributed by atoms with Gasteiger partial charge < -0.3 is 15.4 Å². The number of nitrogens with two attached hydrogens (primary N) is 1. The first kappa shape index (κ1) is 23.7. The Kier molecular flexibility index (Phi) is 5.67. The summed E-state index contributed by atoms with van der Waals surface area (Å²) in [6.07, 6.45) is 3.68. The summed E-state index contributed by atoms with van der Waals surface area (Å²) in [5, 5.41) is 8.82. The van der Waals surface area contributed by atoms with Crippen molar-refractivity contribution in [3.8, 4) is 33.8 Å². The number of amides is 2. The van der Waals surface area contributed by atoms with Crippen molar-refractivity contribution >= 4 is 23.2 Å². The Bertz CT molecular complexity index is 1500. The number of thiophene rings is 1. The van der Waals surface area contributed by atoms with Crippen molar-refractivity contribution in [3.63, 3.8) is 0 Å². The fourth-order valence-corrected chi connectivity index (χ4v) is 5.00. The van der Waals surface area contributed by atoms with Crippen LogP contribution in [0, 0.1) is 0 Å². The first-order valence-electron chi connectivity index (χ1n) is 11.5. The smallest absolute Gasteiger partial charge is 0.274 e. The summed E-state index contributed by atoms with van der Waals surface area (Å²) in [7, 11) is 3.42. The molecule has 0 radical (unpaired) electrons. The number of fused-ring (bicyclic) bond motifs is 3. The Morgan fingerprint density at radius 1 is 1.17 bits per heavy atom. The number of benzene rings is 1. The average Bonchev–Trinajstić information content (AvgIpc) is 3.58. The van der Waals surface area contributed by atoms with Crippen molar-refractivity contribution in [1.29, 1.82) is 0 Å². The first-order chi connectivity index (χ1) is 17.1. The lowest BCUT2D eigenvalue weighted by Gasteiger charge is -2.31. The first-order valence-corrected chi connectivity index (χ1v) is 12.4. The van der Waals surface area contributed by atoms with Crippen LogP contribution in [0.25, 0.3) is 28.1 Å². The molecule has 184 valence electrons. The zero-order chi connectivity index (χ0) is 25.8. The van der Waals surface area contributed by atoms with Gasteiger partial charge in [0.25, 0.3) is 5.91 Å². The predicted molar refractivity (Wildman–Crippen MR) is 140 cm³/mol. The van der Waals surface area contributed by atoms with Gasteiger partial charge in [-0.2, -0.15) is 16.4 Å². The zero-order valence-electron chi connectivity index (χ0n) is 20.8. The molecule has 8 nitrogen and oxygen atoms in total. The molecule has 9 heteroatoms. The van der Waals surface area contributed by atoms with Crippen molar-refractivity contribution in [3.05, 3.63) is 69.8 Å². The Morgan fingerprint density at radius 3 is 2.58 bits per heavy atom. The second-order valence-electron chi connectivity index (χ2n) is 9.82. The highest BCUT2D eigenvalue weighted by atomic mass is 32.1. The van der Waals surface area contributed by atoms with Gasteiger partial charge in [-0.15, -0.1) is 0 Å². The SMILES string of the molecule is COc1cc2c(cc1-c1cncc(C(N)=O)c1)-c1c(c(C(=O)N(C)C(C)(C)C)nn1-c1ccsc1)C2. The van der Waals surface area contributed by atoms with Gasteiger partial charge in [-0.05, 0) is 56.0 Å². The minimum Gasteiger partial charge on any atom is -0.496 e. The number of aromatic nitrogens is 3. The summed E-state index contributed by atoms with van der Waals surface area (Å²) in [4.78, 5) is 31.3. The van der Waals surface area contributed by atoms with Crippen LogP contribution >= 0.6 is 11.3 Å². The number of nitrogens with zero attached hydrogens (tertiary/aromatic N) is 4. The van der Waals surface area contributed by atoms with Crippen LogP contribution in [0.3, 0.4) is 0 Å². The van der Waals surface area contributed by atoms with E-state index in [1.54, 1.807) is 42.7 Å². The molecule has 0 atom stereocenters. The van der Waals surface area contributed by atoms with Crippen LogP contribution < -0.4 is 10.5 Å². The molecule has 4 aromatic rings. The van der Waals surface area contributed by atoms with E-state index in [1.807, 2.05) is 54.4 Å². The van der Waals surface area contributed by atoms with Crippen LogP contribution in [0.5, 0.6) is 5.75 Å². The van der Waals surface area contributed by atoms with Crippen molar-refractivity contribution < 1.29 is 14.3 Å². The van der Waals surface area contributed by atoms with E-state index in [2.05, 4.69) is 4.98 Å². The molecule has 2 amide bonds. The number of hydrogen-bond acceptors (Lipinski definition) is 6. The molecule has 0 saturated heterocycles. The van der Waals surface area contributed by atoms with Crippen molar-refractivity contribution in [2.45, 2.75) is 32.7 Å². The lowest BCUT2D eigenvalue weighted by Crippen LogP contribution is -2.43. The van der Waals surface area contributed by atoms with Crippen LogP contribution in [0.15, 0.2) is 47.4 Å². The standard InChI is InChI=1S/C27H27N5O3S/c1-27(2,3)31(4)26(34)23-21-9-15-10-22(35-5)19(16-8-17(25(28)33)13-29-12-16)11-20(15)24(21)32(30-23)18-6-7-36-14-18/h6-8,10-14H,9H2,1-5H3,(H2,28,33). The van der Waals surface area contributed by atoms with E-state index in [0.29, 0.717) is 29.0 Å². The Balaban J connectivity index is 1.72. The minimum absolute atomic E-state index is 0.119. The quantitative estimate of drug-likeness (QED) is 0.381. The van der Waals surface area contributed by atoms with Gasteiger partial charge in [0.1, 0.15) is 5.75 Å².